The Hall–Kier alpha value is -1.36. The fourth-order valence-electron chi connectivity index (χ4n) is 1.40. The molecule has 0 fully saturated rings. The molecule has 0 aromatic carbocycles. The van der Waals surface area contributed by atoms with Crippen LogP contribution in [0.4, 0.5) is 0 Å². The Morgan fingerprint density at radius 3 is 2.87 bits per heavy atom. The number of carbonyl (C=O) groups is 1. The summed E-state index contributed by atoms with van der Waals surface area (Å²) in [7, 11) is 1.36. The first-order valence-electron chi connectivity index (χ1n) is 4.90. The Morgan fingerprint density at radius 1 is 1.67 bits per heavy atom. The summed E-state index contributed by atoms with van der Waals surface area (Å²) in [5.41, 5.74) is 6.75. The van der Waals surface area contributed by atoms with Crippen molar-refractivity contribution in [2.45, 2.75) is 32.4 Å². The molecule has 0 saturated heterocycles. The molecule has 2 N–H and O–H groups in total. The van der Waals surface area contributed by atoms with E-state index in [9.17, 15) is 4.79 Å². The minimum absolute atomic E-state index is 0.176. The summed E-state index contributed by atoms with van der Waals surface area (Å²) in [6.07, 6.45) is 3.58. The normalized spacial score (nSPS) is 12.9. The highest BCUT2D eigenvalue weighted by atomic mass is 16.5. The zero-order valence-electron chi connectivity index (χ0n) is 9.30. The van der Waals surface area contributed by atoms with Crippen LogP contribution in [0.2, 0.25) is 0 Å². The summed E-state index contributed by atoms with van der Waals surface area (Å²) in [5.74, 6) is -0.306. The smallest absolute Gasteiger partial charge is 0.307 e. The van der Waals surface area contributed by atoms with Gasteiger partial charge in [-0.25, -0.2) is 4.98 Å². The Morgan fingerprint density at radius 2 is 2.33 bits per heavy atom. The van der Waals surface area contributed by atoms with Crippen molar-refractivity contribution in [3.63, 3.8) is 0 Å². The van der Waals surface area contributed by atoms with E-state index >= 15 is 0 Å². The molecule has 5 nitrogen and oxygen atoms in total. The van der Waals surface area contributed by atoms with Gasteiger partial charge in [0.05, 0.1) is 31.6 Å². The first-order chi connectivity index (χ1) is 7.06. The van der Waals surface area contributed by atoms with Gasteiger partial charge >= 0.3 is 5.97 Å². The maximum absolute atomic E-state index is 11.1. The van der Waals surface area contributed by atoms with Crippen LogP contribution in [0.3, 0.4) is 0 Å². The Labute approximate surface area is 89.2 Å². The molecule has 1 atom stereocenters. The van der Waals surface area contributed by atoms with Crippen LogP contribution in [0.5, 0.6) is 0 Å². The molecule has 84 valence electrons. The summed E-state index contributed by atoms with van der Waals surface area (Å²) < 4.78 is 6.52. The van der Waals surface area contributed by atoms with E-state index < -0.39 is 0 Å². The van der Waals surface area contributed by atoms with Gasteiger partial charge in [0.15, 0.2) is 0 Å². The number of nitrogens with two attached hydrogens (primary N) is 1. The van der Waals surface area contributed by atoms with Gasteiger partial charge in [-0.2, -0.15) is 0 Å². The molecule has 1 aromatic heterocycles. The van der Waals surface area contributed by atoms with Crippen LogP contribution in [0.1, 0.15) is 38.0 Å². The molecule has 5 heteroatoms. The number of hydrogen-bond acceptors (Lipinski definition) is 4. The number of aromatic nitrogens is 2. The van der Waals surface area contributed by atoms with Gasteiger partial charge in [0, 0.05) is 12.2 Å². The van der Waals surface area contributed by atoms with Crippen molar-refractivity contribution in [3.8, 4) is 0 Å². The van der Waals surface area contributed by atoms with E-state index in [0.717, 1.165) is 5.69 Å². The summed E-state index contributed by atoms with van der Waals surface area (Å²) in [4.78, 5) is 15.1. The van der Waals surface area contributed by atoms with Gasteiger partial charge in [0.1, 0.15) is 0 Å². The number of nitrogens with zero attached hydrogens (tertiary/aromatic N) is 2. The van der Waals surface area contributed by atoms with Crippen molar-refractivity contribution in [1.82, 2.24) is 9.55 Å². The summed E-state index contributed by atoms with van der Waals surface area (Å²) in [6.45, 7) is 4.08. The second-order valence-electron chi connectivity index (χ2n) is 3.71. The zero-order chi connectivity index (χ0) is 11.4. The van der Waals surface area contributed by atoms with Gasteiger partial charge in [-0.05, 0) is 13.8 Å². The van der Waals surface area contributed by atoms with E-state index in [0.29, 0.717) is 0 Å². The fourth-order valence-corrected chi connectivity index (χ4v) is 1.40. The van der Waals surface area contributed by atoms with Gasteiger partial charge in [-0.1, -0.05) is 0 Å². The third-order valence-electron chi connectivity index (χ3n) is 2.25. The number of ether oxygens (including phenoxy) is 1. The number of imidazole rings is 1. The van der Waals surface area contributed by atoms with Crippen molar-refractivity contribution < 1.29 is 9.53 Å². The maximum atomic E-state index is 11.1. The lowest BCUT2D eigenvalue weighted by atomic mass is 10.1. The second-order valence-corrected chi connectivity index (χ2v) is 3.71. The quantitative estimate of drug-likeness (QED) is 0.755. The van der Waals surface area contributed by atoms with Crippen LogP contribution < -0.4 is 5.73 Å². The lowest BCUT2D eigenvalue weighted by Gasteiger charge is -2.16. The molecular formula is C10H17N3O2. The number of rotatable bonds is 4. The molecule has 0 aliphatic carbocycles. The average Bonchev–Trinajstić information content (AvgIpc) is 2.65. The topological polar surface area (TPSA) is 70.1 Å². The molecule has 0 unspecified atom stereocenters. The minimum Gasteiger partial charge on any atom is -0.469 e. The number of hydrogen-bond donors (Lipinski definition) is 1. The third kappa shape index (κ3) is 2.79. The van der Waals surface area contributed by atoms with Gasteiger partial charge in [-0.3, -0.25) is 4.79 Å². The van der Waals surface area contributed by atoms with E-state index in [-0.39, 0.29) is 24.5 Å². The van der Waals surface area contributed by atoms with E-state index in [1.807, 2.05) is 18.4 Å². The van der Waals surface area contributed by atoms with Crippen LogP contribution in [-0.2, 0) is 9.53 Å². The highest BCUT2D eigenvalue weighted by Crippen LogP contribution is 2.17. The Balaban J connectivity index is 2.77. The second kappa shape index (κ2) is 4.93. The molecular weight excluding hydrogens is 194 g/mol. The molecule has 0 saturated carbocycles. The van der Waals surface area contributed by atoms with Gasteiger partial charge in [0.2, 0.25) is 0 Å². The van der Waals surface area contributed by atoms with Crippen molar-refractivity contribution in [2.75, 3.05) is 7.11 Å². The first-order valence-corrected chi connectivity index (χ1v) is 4.90. The van der Waals surface area contributed by atoms with E-state index in [2.05, 4.69) is 9.72 Å². The first kappa shape index (κ1) is 11.7. The Bertz CT molecular complexity index is 333. The molecule has 15 heavy (non-hydrogen) atoms. The number of esters is 1. The summed E-state index contributed by atoms with van der Waals surface area (Å²) in [5, 5.41) is 0. The predicted octanol–water partition coefficient (Wildman–Crippen LogP) is 1.03. The van der Waals surface area contributed by atoms with Crippen LogP contribution in [0, 0.1) is 0 Å². The van der Waals surface area contributed by atoms with Crippen molar-refractivity contribution in [2.24, 2.45) is 5.73 Å². The molecule has 1 heterocycles. The summed E-state index contributed by atoms with van der Waals surface area (Å²) >= 11 is 0. The van der Waals surface area contributed by atoms with Crippen molar-refractivity contribution in [1.29, 1.82) is 0 Å². The highest BCUT2D eigenvalue weighted by Gasteiger charge is 2.16. The van der Waals surface area contributed by atoms with Gasteiger partial charge in [0.25, 0.3) is 0 Å². The van der Waals surface area contributed by atoms with Crippen molar-refractivity contribution in [3.05, 3.63) is 18.2 Å². The SMILES string of the molecule is COC(=O)C[C@H](N)c1cncn1C(C)C. The van der Waals surface area contributed by atoms with Crippen LogP contribution in [0.25, 0.3) is 0 Å². The number of carbonyl (C=O) groups excluding carboxylic acids is 1. The van der Waals surface area contributed by atoms with Crippen molar-refractivity contribution >= 4 is 5.97 Å². The fraction of sp³-hybridized carbons (Fsp3) is 0.600. The molecule has 0 spiro atoms. The molecule has 1 rings (SSSR count). The molecule has 0 amide bonds. The van der Waals surface area contributed by atoms with E-state index in [4.69, 9.17) is 5.73 Å². The third-order valence-corrected chi connectivity index (χ3v) is 2.25. The highest BCUT2D eigenvalue weighted by molar-refractivity contribution is 5.70. The van der Waals surface area contributed by atoms with E-state index in [1.54, 1.807) is 12.5 Å². The maximum Gasteiger partial charge on any atom is 0.307 e. The lowest BCUT2D eigenvalue weighted by Crippen LogP contribution is -2.20. The monoisotopic (exact) mass is 211 g/mol. The molecule has 1 aromatic rings. The van der Waals surface area contributed by atoms with Crippen LogP contribution in [0.15, 0.2) is 12.5 Å². The predicted molar refractivity (Wildman–Crippen MR) is 56.2 cm³/mol. The summed E-state index contributed by atoms with van der Waals surface area (Å²) in [6, 6.07) is -0.0754. The molecule has 0 radical (unpaired) electrons. The van der Waals surface area contributed by atoms with Gasteiger partial charge < -0.3 is 15.0 Å². The standard InChI is InChI=1S/C10H17N3O2/c1-7(2)13-6-12-5-9(13)8(11)4-10(14)15-3/h5-8H,4,11H2,1-3H3/t8-/m0/s1. The zero-order valence-corrected chi connectivity index (χ0v) is 9.30. The average molecular weight is 211 g/mol. The molecule has 0 bridgehead atoms. The van der Waals surface area contributed by atoms with Crippen LogP contribution >= 0.6 is 0 Å². The largest absolute Gasteiger partial charge is 0.469 e. The lowest BCUT2D eigenvalue weighted by molar-refractivity contribution is -0.141. The van der Waals surface area contributed by atoms with Crippen LogP contribution in [-0.4, -0.2) is 22.6 Å². The number of methoxy groups -OCH3 is 1. The molecule has 0 aliphatic heterocycles. The van der Waals surface area contributed by atoms with Gasteiger partial charge in [-0.15, -0.1) is 0 Å². The minimum atomic E-state index is -0.359. The van der Waals surface area contributed by atoms with E-state index in [1.165, 1.54) is 7.11 Å². The molecule has 0 aliphatic rings. The Kier molecular flexibility index (Phi) is 3.85.